The quantitative estimate of drug-likeness (QED) is 0.769. The van der Waals surface area contributed by atoms with Crippen molar-refractivity contribution < 1.29 is 4.52 Å². The van der Waals surface area contributed by atoms with E-state index in [1.165, 1.54) is 10.8 Å². The summed E-state index contributed by atoms with van der Waals surface area (Å²) in [6, 6.07) is 1.71. The van der Waals surface area contributed by atoms with Crippen LogP contribution in [-0.4, -0.2) is 19.7 Å². The molecule has 1 N–H and O–H groups in total. The Labute approximate surface area is 100 Å². The number of H-pyrrole nitrogens is 1. The molecule has 0 bridgehead atoms. The molecule has 0 radical (unpaired) electrons. The molecule has 0 spiro atoms. The van der Waals surface area contributed by atoms with Gasteiger partial charge in [0, 0.05) is 26.1 Å². The molecule has 0 saturated carbocycles. The van der Waals surface area contributed by atoms with E-state index in [1.54, 1.807) is 13.0 Å². The smallest absolute Gasteiger partial charge is 0.328 e. The Morgan fingerprint density at radius 3 is 2.94 bits per heavy atom. The molecule has 0 aliphatic carbocycles. The molecule has 2 aromatic rings. The Morgan fingerprint density at radius 1 is 1.56 bits per heavy atom. The van der Waals surface area contributed by atoms with Crippen LogP contribution in [0.25, 0.3) is 0 Å². The fourth-order valence-corrected chi connectivity index (χ4v) is 1.42. The number of rotatable bonds is 3. The fourth-order valence-electron chi connectivity index (χ4n) is 1.42. The molecule has 2 rings (SSSR count). The molecule has 0 unspecified atom stereocenters. The third-order valence-corrected chi connectivity index (χ3v) is 2.28. The summed E-state index contributed by atoms with van der Waals surface area (Å²) < 4.78 is 6.02. The highest BCUT2D eigenvalue weighted by atomic mass is 16.5. The van der Waals surface area contributed by atoms with E-state index < -0.39 is 11.2 Å². The normalized spacial score (nSPS) is 10.2. The van der Waals surface area contributed by atoms with Crippen molar-refractivity contribution in [3.63, 3.8) is 0 Å². The minimum Gasteiger partial charge on any atom is -0.340 e. The van der Waals surface area contributed by atoms with Crippen LogP contribution in [0.5, 0.6) is 0 Å². The molecule has 92 valence electrons. The van der Waals surface area contributed by atoms with Gasteiger partial charge in [-0.25, -0.2) is 4.79 Å². The summed E-state index contributed by atoms with van der Waals surface area (Å²) in [5.41, 5.74) is -1.37. The Hall–Kier alpha value is -2.69. The Balaban J connectivity index is 2.22. The topological polar surface area (TPSA) is 118 Å². The minimum atomic E-state index is -0.686. The van der Waals surface area contributed by atoms with Crippen LogP contribution in [0.2, 0.25) is 0 Å². The van der Waals surface area contributed by atoms with Gasteiger partial charge >= 0.3 is 5.69 Å². The fraction of sp³-hybridized carbons (Fsp3) is 0.300. The van der Waals surface area contributed by atoms with E-state index in [0.717, 1.165) is 0 Å². The number of nitriles is 1. The van der Waals surface area contributed by atoms with Crippen LogP contribution < -0.4 is 11.2 Å². The first kappa shape index (κ1) is 11.8. The van der Waals surface area contributed by atoms with Crippen molar-refractivity contribution >= 4 is 0 Å². The first-order valence-corrected chi connectivity index (χ1v) is 5.13. The minimum absolute atomic E-state index is 0.112. The van der Waals surface area contributed by atoms with E-state index in [2.05, 4.69) is 15.1 Å². The predicted octanol–water partition coefficient (Wildman–Crippen LogP) is -0.658. The first-order valence-electron chi connectivity index (χ1n) is 5.13. The Morgan fingerprint density at radius 2 is 2.33 bits per heavy atom. The van der Waals surface area contributed by atoms with Gasteiger partial charge in [-0.3, -0.25) is 14.3 Å². The van der Waals surface area contributed by atoms with Crippen LogP contribution >= 0.6 is 0 Å². The maximum Gasteiger partial charge on any atom is 0.328 e. The molecule has 18 heavy (non-hydrogen) atoms. The zero-order chi connectivity index (χ0) is 13.1. The highest BCUT2D eigenvalue weighted by molar-refractivity contribution is 5.21. The summed E-state index contributed by atoms with van der Waals surface area (Å²) in [5.74, 6) is 0.903. The van der Waals surface area contributed by atoms with Gasteiger partial charge < -0.3 is 4.52 Å². The third-order valence-electron chi connectivity index (χ3n) is 2.28. The molecule has 0 aromatic carbocycles. The van der Waals surface area contributed by atoms with E-state index in [-0.39, 0.29) is 12.1 Å². The van der Waals surface area contributed by atoms with E-state index in [1.807, 2.05) is 0 Å². The lowest BCUT2D eigenvalue weighted by Gasteiger charge is -2.02. The van der Waals surface area contributed by atoms with Crippen LogP contribution in [0.4, 0.5) is 0 Å². The summed E-state index contributed by atoms with van der Waals surface area (Å²) in [4.78, 5) is 28.7. The second kappa shape index (κ2) is 4.67. The molecule has 0 amide bonds. The SMILES string of the molecule is Cc1nc(CCn2cc(C#N)c(=O)[nH]c2=O)no1. The molecule has 0 aliphatic heterocycles. The van der Waals surface area contributed by atoms with Gasteiger partial charge in [0.25, 0.3) is 5.56 Å². The first-order chi connectivity index (χ1) is 8.60. The molecule has 0 aliphatic rings. The molecule has 0 atom stereocenters. The highest BCUT2D eigenvalue weighted by Gasteiger charge is 2.06. The molecular formula is C10H9N5O3. The summed E-state index contributed by atoms with van der Waals surface area (Å²) in [6.07, 6.45) is 1.59. The molecule has 0 saturated heterocycles. The van der Waals surface area contributed by atoms with Crippen molar-refractivity contribution in [2.24, 2.45) is 0 Å². The van der Waals surface area contributed by atoms with Crippen molar-refractivity contribution in [1.29, 1.82) is 5.26 Å². The van der Waals surface area contributed by atoms with Crippen molar-refractivity contribution in [2.45, 2.75) is 19.9 Å². The lowest BCUT2D eigenvalue weighted by Crippen LogP contribution is -2.31. The van der Waals surface area contributed by atoms with Crippen LogP contribution in [0, 0.1) is 18.3 Å². The molecule has 0 fully saturated rings. The summed E-state index contributed by atoms with van der Waals surface area (Å²) in [7, 11) is 0. The van der Waals surface area contributed by atoms with Crippen LogP contribution in [0.3, 0.4) is 0 Å². The van der Waals surface area contributed by atoms with E-state index in [9.17, 15) is 9.59 Å². The number of hydrogen-bond acceptors (Lipinski definition) is 6. The Bertz CT molecular complexity index is 718. The van der Waals surface area contributed by atoms with E-state index in [0.29, 0.717) is 18.1 Å². The maximum absolute atomic E-state index is 11.5. The predicted molar refractivity (Wildman–Crippen MR) is 58.8 cm³/mol. The molecule has 8 nitrogen and oxygen atoms in total. The van der Waals surface area contributed by atoms with E-state index >= 15 is 0 Å². The van der Waals surface area contributed by atoms with E-state index in [4.69, 9.17) is 9.78 Å². The number of nitrogens with one attached hydrogen (secondary N) is 1. The summed E-state index contributed by atoms with van der Waals surface area (Å²) >= 11 is 0. The third kappa shape index (κ3) is 2.35. The number of nitrogens with zero attached hydrogens (tertiary/aromatic N) is 4. The second-order valence-electron chi connectivity index (χ2n) is 3.59. The number of aromatic nitrogens is 4. The van der Waals surface area contributed by atoms with Crippen LogP contribution in [0.15, 0.2) is 20.3 Å². The Kier molecular flexibility index (Phi) is 3.05. The van der Waals surface area contributed by atoms with Gasteiger partial charge in [-0.05, 0) is 0 Å². The monoisotopic (exact) mass is 247 g/mol. The molecule has 2 heterocycles. The second-order valence-corrected chi connectivity index (χ2v) is 3.59. The van der Waals surface area contributed by atoms with Gasteiger partial charge in [-0.2, -0.15) is 10.2 Å². The van der Waals surface area contributed by atoms with Gasteiger partial charge in [0.1, 0.15) is 11.6 Å². The number of aromatic amines is 1. The molecule has 8 heteroatoms. The van der Waals surface area contributed by atoms with Gasteiger partial charge in [-0.1, -0.05) is 5.16 Å². The average Bonchev–Trinajstić information content (AvgIpc) is 2.74. The van der Waals surface area contributed by atoms with Gasteiger partial charge in [-0.15, -0.1) is 0 Å². The highest BCUT2D eigenvalue weighted by Crippen LogP contribution is 1.97. The average molecular weight is 247 g/mol. The van der Waals surface area contributed by atoms with Crippen molar-refractivity contribution in [3.05, 3.63) is 44.3 Å². The molecule has 2 aromatic heterocycles. The van der Waals surface area contributed by atoms with Crippen molar-refractivity contribution in [1.82, 2.24) is 19.7 Å². The molecular weight excluding hydrogens is 238 g/mol. The summed E-state index contributed by atoms with van der Waals surface area (Å²) in [5, 5.41) is 12.4. The largest absolute Gasteiger partial charge is 0.340 e. The van der Waals surface area contributed by atoms with Crippen LogP contribution in [0.1, 0.15) is 17.3 Å². The van der Waals surface area contributed by atoms with Crippen molar-refractivity contribution in [3.8, 4) is 6.07 Å². The van der Waals surface area contributed by atoms with Gasteiger partial charge in [0.2, 0.25) is 5.89 Å². The van der Waals surface area contributed by atoms with Crippen molar-refractivity contribution in [2.75, 3.05) is 0 Å². The lowest BCUT2D eigenvalue weighted by molar-refractivity contribution is 0.386. The van der Waals surface area contributed by atoms with Gasteiger partial charge in [0.15, 0.2) is 5.82 Å². The number of aryl methyl sites for hydroxylation is 3. The lowest BCUT2D eigenvalue weighted by atomic mass is 10.3. The van der Waals surface area contributed by atoms with Gasteiger partial charge in [0.05, 0.1) is 0 Å². The zero-order valence-corrected chi connectivity index (χ0v) is 9.51. The van der Waals surface area contributed by atoms with Crippen LogP contribution in [-0.2, 0) is 13.0 Å². The standard InChI is InChI=1S/C10H9N5O3/c1-6-12-8(14-18-6)2-3-15-5-7(4-11)9(16)13-10(15)17/h5H,2-3H2,1H3,(H,13,16,17). The zero-order valence-electron chi connectivity index (χ0n) is 9.51. The summed E-state index contributed by atoms with van der Waals surface area (Å²) in [6.45, 7) is 1.92. The maximum atomic E-state index is 11.5. The number of hydrogen-bond donors (Lipinski definition) is 1.